The number of carbonyl (C=O) groups excluding carboxylic acids is 1. The van der Waals surface area contributed by atoms with Gasteiger partial charge in [-0.25, -0.2) is 0 Å². The van der Waals surface area contributed by atoms with Crippen LogP contribution in [0.1, 0.15) is 33.1 Å². The Balaban J connectivity index is 2.07. The number of nitrogens with zero attached hydrogens (tertiary/aromatic N) is 1. The Morgan fingerprint density at radius 3 is 2.63 bits per heavy atom. The number of halogens is 3. The maximum Gasteiger partial charge on any atom is 0.406 e. The highest BCUT2D eigenvalue weighted by atomic mass is 19.4. The SMILES string of the molecule is CC(C)N(CC(F)(F)F)C(=O)C1NCC2CCCC21. The van der Waals surface area contributed by atoms with Crippen molar-refractivity contribution in [3.05, 3.63) is 0 Å². The summed E-state index contributed by atoms with van der Waals surface area (Å²) in [5, 5.41) is 3.12. The predicted octanol–water partition coefficient (Wildman–Crippen LogP) is 2.17. The van der Waals surface area contributed by atoms with Crippen LogP contribution in [0.3, 0.4) is 0 Å². The van der Waals surface area contributed by atoms with Gasteiger partial charge in [-0.2, -0.15) is 13.2 Å². The van der Waals surface area contributed by atoms with Crippen LogP contribution in [0.5, 0.6) is 0 Å². The van der Waals surface area contributed by atoms with Gasteiger partial charge in [0.25, 0.3) is 0 Å². The van der Waals surface area contributed by atoms with Crippen molar-refractivity contribution in [1.29, 1.82) is 0 Å². The third-order valence-electron chi connectivity index (χ3n) is 4.27. The topological polar surface area (TPSA) is 32.3 Å². The Hall–Kier alpha value is -0.780. The van der Waals surface area contributed by atoms with Crippen molar-refractivity contribution in [2.45, 2.75) is 51.4 Å². The second-order valence-corrected chi connectivity index (χ2v) is 5.92. The van der Waals surface area contributed by atoms with Gasteiger partial charge in [0.05, 0.1) is 6.04 Å². The first-order valence-electron chi connectivity index (χ1n) is 6.90. The first kappa shape index (κ1) is 14.6. The highest BCUT2D eigenvalue weighted by molar-refractivity contribution is 5.83. The monoisotopic (exact) mass is 278 g/mol. The molecule has 1 N–H and O–H groups in total. The first-order valence-corrected chi connectivity index (χ1v) is 6.90. The number of carbonyl (C=O) groups is 1. The Labute approximate surface area is 111 Å². The minimum absolute atomic E-state index is 0.224. The number of nitrogens with one attached hydrogen (secondary N) is 1. The van der Waals surface area contributed by atoms with E-state index < -0.39 is 24.8 Å². The second kappa shape index (κ2) is 5.31. The molecule has 0 spiro atoms. The maximum absolute atomic E-state index is 12.6. The average Bonchev–Trinajstić information content (AvgIpc) is 2.84. The van der Waals surface area contributed by atoms with E-state index in [9.17, 15) is 18.0 Å². The van der Waals surface area contributed by atoms with Crippen LogP contribution in [0.15, 0.2) is 0 Å². The molecule has 1 saturated heterocycles. The Morgan fingerprint density at radius 2 is 2.05 bits per heavy atom. The molecular formula is C13H21F3N2O. The number of hydrogen-bond acceptors (Lipinski definition) is 2. The van der Waals surface area contributed by atoms with Crippen molar-refractivity contribution in [1.82, 2.24) is 10.2 Å². The summed E-state index contributed by atoms with van der Waals surface area (Å²) in [5.41, 5.74) is 0. The van der Waals surface area contributed by atoms with Crippen LogP contribution in [0.4, 0.5) is 13.2 Å². The maximum atomic E-state index is 12.6. The fourth-order valence-corrected chi connectivity index (χ4v) is 3.34. The quantitative estimate of drug-likeness (QED) is 0.858. The molecule has 1 saturated carbocycles. The van der Waals surface area contributed by atoms with Crippen molar-refractivity contribution in [3.63, 3.8) is 0 Å². The van der Waals surface area contributed by atoms with Crippen LogP contribution in [0.2, 0.25) is 0 Å². The third kappa shape index (κ3) is 3.22. The molecule has 0 aromatic rings. The Kier molecular flexibility index (Phi) is 4.08. The van der Waals surface area contributed by atoms with Crippen LogP contribution >= 0.6 is 0 Å². The highest BCUT2D eigenvalue weighted by Crippen LogP contribution is 2.38. The lowest BCUT2D eigenvalue weighted by molar-refractivity contribution is -0.166. The fourth-order valence-electron chi connectivity index (χ4n) is 3.34. The lowest BCUT2D eigenvalue weighted by Gasteiger charge is -2.31. The van der Waals surface area contributed by atoms with E-state index in [1.54, 1.807) is 13.8 Å². The van der Waals surface area contributed by atoms with E-state index >= 15 is 0 Å². The molecule has 19 heavy (non-hydrogen) atoms. The van der Waals surface area contributed by atoms with E-state index in [2.05, 4.69) is 5.32 Å². The summed E-state index contributed by atoms with van der Waals surface area (Å²) in [5.74, 6) is 0.303. The van der Waals surface area contributed by atoms with Gasteiger partial charge in [-0.3, -0.25) is 4.79 Å². The largest absolute Gasteiger partial charge is 0.406 e. The lowest BCUT2D eigenvalue weighted by atomic mass is 9.93. The van der Waals surface area contributed by atoms with E-state index in [1.165, 1.54) is 0 Å². The predicted molar refractivity (Wildman–Crippen MR) is 65.5 cm³/mol. The van der Waals surface area contributed by atoms with E-state index in [1.807, 2.05) is 0 Å². The van der Waals surface area contributed by atoms with Gasteiger partial charge in [0.2, 0.25) is 5.91 Å². The summed E-state index contributed by atoms with van der Waals surface area (Å²) < 4.78 is 37.7. The molecule has 1 aliphatic heterocycles. The molecule has 1 amide bonds. The average molecular weight is 278 g/mol. The zero-order chi connectivity index (χ0) is 14.2. The molecule has 0 aromatic carbocycles. The van der Waals surface area contributed by atoms with Crippen molar-refractivity contribution >= 4 is 5.91 Å². The van der Waals surface area contributed by atoms with E-state index in [4.69, 9.17) is 0 Å². The smallest absolute Gasteiger partial charge is 0.330 e. The van der Waals surface area contributed by atoms with Crippen LogP contribution in [0, 0.1) is 11.8 Å². The van der Waals surface area contributed by atoms with E-state index in [0.29, 0.717) is 5.92 Å². The van der Waals surface area contributed by atoms with E-state index in [-0.39, 0.29) is 11.8 Å². The number of alkyl halides is 3. The standard InChI is InChI=1S/C13H21F3N2O/c1-8(2)18(7-13(14,15)16)12(19)11-10-5-3-4-9(10)6-17-11/h8-11,17H,3-7H2,1-2H3. The molecule has 3 atom stereocenters. The van der Waals surface area contributed by atoms with Crippen molar-refractivity contribution < 1.29 is 18.0 Å². The minimum atomic E-state index is -4.34. The van der Waals surface area contributed by atoms with Gasteiger partial charge >= 0.3 is 6.18 Å². The van der Waals surface area contributed by atoms with Gasteiger partial charge in [0, 0.05) is 6.04 Å². The molecular weight excluding hydrogens is 257 g/mol. The number of amides is 1. The number of hydrogen-bond donors (Lipinski definition) is 1. The molecule has 3 nitrogen and oxygen atoms in total. The summed E-state index contributed by atoms with van der Waals surface area (Å²) in [4.78, 5) is 13.3. The number of fused-ring (bicyclic) bond motifs is 1. The lowest BCUT2D eigenvalue weighted by Crippen LogP contribution is -2.52. The molecule has 0 aromatic heterocycles. The van der Waals surface area contributed by atoms with E-state index in [0.717, 1.165) is 30.7 Å². The van der Waals surface area contributed by atoms with Gasteiger partial charge in [-0.1, -0.05) is 6.42 Å². The number of rotatable bonds is 3. The summed E-state index contributed by atoms with van der Waals surface area (Å²) in [6.07, 6.45) is -1.22. The summed E-state index contributed by atoms with van der Waals surface area (Å²) >= 11 is 0. The highest BCUT2D eigenvalue weighted by Gasteiger charge is 2.45. The zero-order valence-corrected chi connectivity index (χ0v) is 11.3. The Bertz CT molecular complexity index is 343. The van der Waals surface area contributed by atoms with Crippen LogP contribution < -0.4 is 5.32 Å². The van der Waals surface area contributed by atoms with Crippen molar-refractivity contribution in [2.75, 3.05) is 13.1 Å². The molecule has 1 heterocycles. The normalized spacial score (nSPS) is 30.7. The summed E-state index contributed by atoms with van der Waals surface area (Å²) in [6.45, 7) is 2.87. The van der Waals surface area contributed by atoms with Crippen molar-refractivity contribution in [2.24, 2.45) is 11.8 Å². The van der Waals surface area contributed by atoms with Gasteiger partial charge in [-0.05, 0) is 45.1 Å². The fraction of sp³-hybridized carbons (Fsp3) is 0.923. The van der Waals surface area contributed by atoms with Crippen molar-refractivity contribution in [3.8, 4) is 0 Å². The molecule has 2 rings (SSSR count). The second-order valence-electron chi connectivity index (χ2n) is 5.92. The van der Waals surface area contributed by atoms with Crippen LogP contribution in [-0.2, 0) is 4.79 Å². The molecule has 0 bridgehead atoms. The van der Waals surface area contributed by atoms with Gasteiger partial charge in [0.1, 0.15) is 6.54 Å². The molecule has 2 aliphatic rings. The Morgan fingerprint density at radius 1 is 1.37 bits per heavy atom. The third-order valence-corrected chi connectivity index (χ3v) is 4.27. The first-order chi connectivity index (χ1) is 8.79. The molecule has 3 unspecified atom stereocenters. The molecule has 0 radical (unpaired) electrons. The zero-order valence-electron chi connectivity index (χ0n) is 11.3. The van der Waals surface area contributed by atoms with Gasteiger partial charge in [0.15, 0.2) is 0 Å². The minimum Gasteiger partial charge on any atom is -0.330 e. The van der Waals surface area contributed by atoms with Crippen LogP contribution in [-0.4, -0.2) is 42.2 Å². The molecule has 6 heteroatoms. The van der Waals surface area contributed by atoms with Gasteiger partial charge in [-0.15, -0.1) is 0 Å². The molecule has 2 fully saturated rings. The molecule has 110 valence electrons. The van der Waals surface area contributed by atoms with Gasteiger partial charge < -0.3 is 10.2 Å². The summed E-state index contributed by atoms with van der Waals surface area (Å²) in [6, 6.07) is -0.853. The summed E-state index contributed by atoms with van der Waals surface area (Å²) in [7, 11) is 0. The molecule has 1 aliphatic carbocycles. The van der Waals surface area contributed by atoms with Crippen LogP contribution in [0.25, 0.3) is 0 Å².